The van der Waals surface area contributed by atoms with E-state index >= 15 is 0 Å². The SMILES string of the molecule is CCOC(=O)[C@@H]1CC[C@@H](Oc2ccc(-c3cnn(C)c3COC(=O)NC3CCCC3)cc2)C1. The van der Waals surface area contributed by atoms with E-state index in [2.05, 4.69) is 10.4 Å². The van der Waals surface area contributed by atoms with E-state index in [4.69, 9.17) is 14.2 Å². The molecule has 1 N–H and O–H groups in total. The lowest BCUT2D eigenvalue weighted by atomic mass is 10.1. The molecule has 2 aromatic rings. The summed E-state index contributed by atoms with van der Waals surface area (Å²) in [6.45, 7) is 2.39. The van der Waals surface area contributed by atoms with Crippen molar-refractivity contribution in [1.29, 1.82) is 0 Å². The molecule has 0 aliphatic heterocycles. The Morgan fingerprint density at radius 1 is 1.09 bits per heavy atom. The minimum atomic E-state index is -0.379. The maximum absolute atomic E-state index is 12.2. The number of aromatic nitrogens is 2. The van der Waals surface area contributed by atoms with Crippen molar-refractivity contribution in [3.8, 4) is 16.9 Å². The van der Waals surface area contributed by atoms with Crippen molar-refractivity contribution in [2.24, 2.45) is 13.0 Å². The van der Waals surface area contributed by atoms with E-state index in [9.17, 15) is 9.59 Å². The first-order valence-electron chi connectivity index (χ1n) is 11.9. The Kier molecular flexibility index (Phi) is 7.52. The van der Waals surface area contributed by atoms with Crippen molar-refractivity contribution in [3.05, 3.63) is 36.2 Å². The second kappa shape index (κ2) is 10.7. The van der Waals surface area contributed by atoms with E-state index in [1.54, 1.807) is 10.9 Å². The first kappa shape index (κ1) is 23.1. The van der Waals surface area contributed by atoms with Gasteiger partial charge in [0, 0.05) is 18.7 Å². The topological polar surface area (TPSA) is 91.7 Å². The van der Waals surface area contributed by atoms with E-state index in [0.29, 0.717) is 13.0 Å². The number of nitrogens with zero attached hydrogens (tertiary/aromatic N) is 2. The molecular weight excluding hydrogens is 422 g/mol. The lowest BCUT2D eigenvalue weighted by Crippen LogP contribution is -2.33. The Hall–Kier alpha value is -3.03. The predicted molar refractivity (Wildman–Crippen MR) is 123 cm³/mol. The van der Waals surface area contributed by atoms with Crippen molar-refractivity contribution in [3.63, 3.8) is 0 Å². The molecule has 0 radical (unpaired) electrons. The van der Waals surface area contributed by atoms with Crippen LogP contribution >= 0.6 is 0 Å². The Morgan fingerprint density at radius 2 is 1.85 bits per heavy atom. The van der Waals surface area contributed by atoms with Crippen LogP contribution in [0.1, 0.15) is 57.6 Å². The van der Waals surface area contributed by atoms with Crippen LogP contribution in [0.5, 0.6) is 5.75 Å². The molecular formula is C25H33N3O5. The van der Waals surface area contributed by atoms with Gasteiger partial charge in [-0.1, -0.05) is 25.0 Å². The molecule has 0 spiro atoms. The summed E-state index contributed by atoms with van der Waals surface area (Å²) in [6.07, 6.45) is 8.11. The van der Waals surface area contributed by atoms with Gasteiger partial charge in [-0.2, -0.15) is 5.10 Å². The number of nitrogens with one attached hydrogen (secondary N) is 1. The second-order valence-corrected chi connectivity index (χ2v) is 8.86. The third-order valence-corrected chi connectivity index (χ3v) is 6.55. The molecule has 33 heavy (non-hydrogen) atoms. The van der Waals surface area contributed by atoms with E-state index in [1.807, 2.05) is 38.2 Å². The van der Waals surface area contributed by atoms with Crippen LogP contribution in [-0.4, -0.2) is 40.6 Å². The highest BCUT2D eigenvalue weighted by molar-refractivity contribution is 5.73. The average Bonchev–Trinajstić information content (AvgIpc) is 3.55. The van der Waals surface area contributed by atoms with Gasteiger partial charge in [0.25, 0.3) is 0 Å². The van der Waals surface area contributed by atoms with Gasteiger partial charge in [0.2, 0.25) is 0 Å². The highest BCUT2D eigenvalue weighted by atomic mass is 16.5. The van der Waals surface area contributed by atoms with E-state index in [-0.39, 0.29) is 36.7 Å². The molecule has 4 rings (SSSR count). The number of benzene rings is 1. The molecule has 2 atom stereocenters. The third kappa shape index (κ3) is 5.86. The van der Waals surface area contributed by atoms with Gasteiger partial charge >= 0.3 is 12.1 Å². The van der Waals surface area contributed by atoms with Crippen LogP contribution in [0.4, 0.5) is 4.79 Å². The summed E-state index contributed by atoms with van der Waals surface area (Å²) in [5.74, 6) is 0.575. The van der Waals surface area contributed by atoms with Gasteiger partial charge in [-0.25, -0.2) is 4.79 Å². The van der Waals surface area contributed by atoms with Crippen LogP contribution in [0.2, 0.25) is 0 Å². The number of amides is 1. The molecule has 0 saturated heterocycles. The number of carbonyl (C=O) groups excluding carboxylic acids is 2. The smallest absolute Gasteiger partial charge is 0.407 e. The van der Waals surface area contributed by atoms with Crippen molar-refractivity contribution < 1.29 is 23.8 Å². The normalized spacial score (nSPS) is 20.5. The molecule has 0 unspecified atom stereocenters. The number of alkyl carbamates (subject to hydrolysis) is 1. The van der Waals surface area contributed by atoms with Crippen molar-refractivity contribution in [2.75, 3.05) is 6.61 Å². The molecule has 2 aliphatic rings. The zero-order valence-corrected chi connectivity index (χ0v) is 19.4. The highest BCUT2D eigenvalue weighted by Gasteiger charge is 2.32. The maximum Gasteiger partial charge on any atom is 0.407 e. The van der Waals surface area contributed by atoms with Crippen LogP contribution in [0.3, 0.4) is 0 Å². The van der Waals surface area contributed by atoms with Crippen molar-refractivity contribution in [2.45, 2.75) is 70.6 Å². The van der Waals surface area contributed by atoms with Gasteiger partial charge < -0.3 is 19.5 Å². The van der Waals surface area contributed by atoms with Crippen LogP contribution in [0, 0.1) is 5.92 Å². The summed E-state index contributed by atoms with van der Waals surface area (Å²) in [5, 5.41) is 7.29. The molecule has 8 nitrogen and oxygen atoms in total. The summed E-state index contributed by atoms with van der Waals surface area (Å²) in [6, 6.07) is 8.04. The van der Waals surface area contributed by atoms with Crippen LogP contribution in [0.15, 0.2) is 30.5 Å². The zero-order chi connectivity index (χ0) is 23.2. The predicted octanol–water partition coefficient (Wildman–Crippen LogP) is 4.37. The van der Waals surface area contributed by atoms with E-state index in [0.717, 1.165) is 61.1 Å². The zero-order valence-electron chi connectivity index (χ0n) is 19.4. The Labute approximate surface area is 194 Å². The highest BCUT2D eigenvalue weighted by Crippen LogP contribution is 2.32. The molecule has 1 aromatic carbocycles. The quantitative estimate of drug-likeness (QED) is 0.595. The number of ether oxygens (including phenoxy) is 3. The molecule has 2 saturated carbocycles. The van der Waals surface area contributed by atoms with Crippen LogP contribution in [-0.2, 0) is 27.9 Å². The third-order valence-electron chi connectivity index (χ3n) is 6.55. The number of rotatable bonds is 8. The molecule has 178 valence electrons. The maximum atomic E-state index is 12.2. The van der Waals surface area contributed by atoms with Gasteiger partial charge in [-0.05, 0) is 56.7 Å². The summed E-state index contributed by atoms with van der Waals surface area (Å²) in [5.41, 5.74) is 2.72. The average molecular weight is 456 g/mol. The molecule has 1 heterocycles. The van der Waals surface area contributed by atoms with E-state index < -0.39 is 0 Å². The molecule has 1 aromatic heterocycles. The van der Waals surface area contributed by atoms with Crippen molar-refractivity contribution >= 4 is 12.1 Å². The minimum absolute atomic E-state index is 0.0194. The first-order chi connectivity index (χ1) is 16.0. The largest absolute Gasteiger partial charge is 0.490 e. The van der Waals surface area contributed by atoms with Gasteiger partial charge in [0.15, 0.2) is 0 Å². The first-order valence-corrected chi connectivity index (χ1v) is 11.9. The number of aryl methyl sites for hydroxylation is 1. The van der Waals surface area contributed by atoms with Gasteiger partial charge in [0.1, 0.15) is 12.4 Å². The number of carbonyl (C=O) groups is 2. The fourth-order valence-corrected chi connectivity index (χ4v) is 4.71. The summed E-state index contributed by atoms with van der Waals surface area (Å²) in [4.78, 5) is 24.1. The van der Waals surface area contributed by atoms with Gasteiger partial charge in [0.05, 0.1) is 30.5 Å². The fraction of sp³-hybridized carbons (Fsp3) is 0.560. The monoisotopic (exact) mass is 455 g/mol. The minimum Gasteiger partial charge on any atom is -0.490 e. The molecule has 2 aliphatic carbocycles. The number of esters is 1. The standard InChI is InChI=1S/C25H33N3O5/c1-3-31-24(29)18-10-13-21(14-18)33-20-11-8-17(9-12-20)22-15-26-28(2)23(22)16-32-25(30)27-19-6-4-5-7-19/h8-9,11-12,15,18-19,21H,3-7,10,13-14,16H2,1-2H3,(H,27,30)/t18-,21-/m1/s1. The molecule has 2 fully saturated rings. The van der Waals surface area contributed by atoms with Gasteiger partial charge in [-0.3, -0.25) is 9.48 Å². The number of hydrogen-bond acceptors (Lipinski definition) is 6. The van der Waals surface area contributed by atoms with Crippen molar-refractivity contribution in [1.82, 2.24) is 15.1 Å². The Bertz CT molecular complexity index is 949. The van der Waals surface area contributed by atoms with E-state index in [1.165, 1.54) is 0 Å². The Morgan fingerprint density at radius 3 is 2.58 bits per heavy atom. The van der Waals surface area contributed by atoms with Crippen LogP contribution in [0.25, 0.3) is 11.1 Å². The molecule has 1 amide bonds. The van der Waals surface area contributed by atoms with Gasteiger partial charge in [-0.15, -0.1) is 0 Å². The fourth-order valence-electron chi connectivity index (χ4n) is 4.71. The lowest BCUT2D eigenvalue weighted by Gasteiger charge is -2.15. The lowest BCUT2D eigenvalue weighted by molar-refractivity contribution is -0.147. The number of hydrogen-bond donors (Lipinski definition) is 1. The molecule has 0 bridgehead atoms. The summed E-state index contributed by atoms with van der Waals surface area (Å²) >= 11 is 0. The van der Waals surface area contributed by atoms with Crippen LogP contribution < -0.4 is 10.1 Å². The Balaban J connectivity index is 1.33. The second-order valence-electron chi connectivity index (χ2n) is 8.86. The molecule has 8 heteroatoms. The summed E-state index contributed by atoms with van der Waals surface area (Å²) in [7, 11) is 1.84. The summed E-state index contributed by atoms with van der Waals surface area (Å²) < 4.78 is 18.4.